The Hall–Kier alpha value is -3.83. The number of hydrogen-bond acceptors (Lipinski definition) is 6. The smallest absolute Gasteiger partial charge is 0.329 e. The summed E-state index contributed by atoms with van der Waals surface area (Å²) in [4.78, 5) is 47.6. The largest absolute Gasteiger partial charge is 0.455 e. The van der Waals surface area contributed by atoms with Crippen LogP contribution in [0.25, 0.3) is 0 Å². The number of likely N-dealkylation sites (tertiary alicyclic amines) is 1. The fraction of sp³-hybridized carbons (Fsp3) is 0.409. The molecule has 0 radical (unpaired) electrons. The topological polar surface area (TPSA) is 117 Å². The highest BCUT2D eigenvalue weighted by atomic mass is 19.3. The quantitative estimate of drug-likeness (QED) is 0.695. The van der Waals surface area contributed by atoms with Gasteiger partial charge in [0.1, 0.15) is 23.1 Å². The van der Waals surface area contributed by atoms with E-state index in [2.05, 4.69) is 20.6 Å². The number of imide groups is 1. The van der Waals surface area contributed by atoms with Gasteiger partial charge in [-0.3, -0.25) is 20.3 Å². The van der Waals surface area contributed by atoms with Gasteiger partial charge in [0, 0.05) is 45.7 Å². The predicted molar refractivity (Wildman–Crippen MR) is 118 cm³/mol. The average molecular weight is 474 g/mol. The highest BCUT2D eigenvalue weighted by Crippen LogP contribution is 2.57. The number of ether oxygens (including phenoxy) is 1. The second kappa shape index (κ2) is 8.50. The van der Waals surface area contributed by atoms with Crippen LogP contribution in [0.2, 0.25) is 0 Å². The van der Waals surface area contributed by atoms with Gasteiger partial charge >= 0.3 is 12.1 Å². The van der Waals surface area contributed by atoms with Gasteiger partial charge in [0.2, 0.25) is 11.8 Å². The lowest BCUT2D eigenvalue weighted by molar-refractivity contribution is -0.176. The molecule has 0 aromatic carbocycles. The molecular formula is C22H24F2N6O4. The lowest BCUT2D eigenvalue weighted by Gasteiger charge is -2.42. The molecule has 2 aromatic heterocycles. The minimum atomic E-state index is -2.84. The maximum Gasteiger partial charge on any atom is 0.329 e. The van der Waals surface area contributed by atoms with Crippen LogP contribution in [0, 0.1) is 12.3 Å². The van der Waals surface area contributed by atoms with Gasteiger partial charge in [-0.2, -0.15) is 0 Å². The maximum atomic E-state index is 13.3. The van der Waals surface area contributed by atoms with E-state index in [9.17, 15) is 23.2 Å². The molecule has 2 fully saturated rings. The number of carbonyl (C=O) groups is 3. The molecule has 4 rings (SSSR count). The van der Waals surface area contributed by atoms with Crippen LogP contribution < -0.4 is 15.4 Å². The molecule has 0 bridgehead atoms. The van der Waals surface area contributed by atoms with E-state index in [4.69, 9.17) is 4.74 Å². The Morgan fingerprint density at radius 2 is 1.88 bits per heavy atom. The van der Waals surface area contributed by atoms with Gasteiger partial charge in [0.15, 0.2) is 0 Å². The molecule has 1 spiro atoms. The number of aromatic nitrogens is 2. The van der Waals surface area contributed by atoms with Gasteiger partial charge in [-0.15, -0.1) is 0 Å². The second-order valence-corrected chi connectivity index (χ2v) is 8.71. The van der Waals surface area contributed by atoms with Crippen molar-refractivity contribution in [2.75, 3.05) is 31.3 Å². The molecule has 2 aliphatic rings. The Bertz CT molecular complexity index is 1150. The number of alkyl halides is 2. The molecule has 12 heteroatoms. The maximum absolute atomic E-state index is 13.3. The van der Waals surface area contributed by atoms with E-state index in [1.807, 2.05) is 0 Å². The van der Waals surface area contributed by atoms with E-state index in [1.165, 1.54) is 17.2 Å². The Morgan fingerprint density at radius 1 is 1.15 bits per heavy atom. The van der Waals surface area contributed by atoms with E-state index in [-0.39, 0.29) is 24.8 Å². The number of carbonyl (C=O) groups excluding carboxylic acids is 3. The molecule has 34 heavy (non-hydrogen) atoms. The fourth-order valence-electron chi connectivity index (χ4n) is 4.07. The van der Waals surface area contributed by atoms with Crippen molar-refractivity contribution in [2.45, 2.75) is 32.1 Å². The van der Waals surface area contributed by atoms with Crippen molar-refractivity contribution in [2.24, 2.45) is 5.41 Å². The SMILES string of the molecule is Cc1nc(NC(=O)N2CCC3(CC(F)(F)C3)C2=O)ccc1Oc1ccnc(NC(=O)N(C)C)c1. The summed E-state index contributed by atoms with van der Waals surface area (Å²) in [6.45, 7) is 1.77. The Kier molecular flexibility index (Phi) is 5.84. The molecule has 0 atom stereocenters. The van der Waals surface area contributed by atoms with Crippen molar-refractivity contribution in [1.82, 2.24) is 19.8 Å². The summed E-state index contributed by atoms with van der Waals surface area (Å²) in [6, 6.07) is 5.22. The van der Waals surface area contributed by atoms with Crippen LogP contribution >= 0.6 is 0 Å². The van der Waals surface area contributed by atoms with Gasteiger partial charge in [0.25, 0.3) is 0 Å². The highest BCUT2D eigenvalue weighted by Gasteiger charge is 2.64. The molecule has 1 aliphatic carbocycles. The summed E-state index contributed by atoms with van der Waals surface area (Å²) in [7, 11) is 3.21. The van der Waals surface area contributed by atoms with Crippen molar-refractivity contribution in [3.63, 3.8) is 0 Å². The molecule has 1 saturated carbocycles. The van der Waals surface area contributed by atoms with Crippen LogP contribution in [0.1, 0.15) is 25.0 Å². The zero-order valence-corrected chi connectivity index (χ0v) is 18.9. The molecule has 3 heterocycles. The van der Waals surface area contributed by atoms with Crippen LogP contribution in [-0.4, -0.2) is 64.3 Å². The van der Waals surface area contributed by atoms with Gasteiger partial charge in [0.05, 0.1) is 11.1 Å². The number of anilines is 2. The van der Waals surface area contributed by atoms with E-state index in [0.29, 0.717) is 23.0 Å². The second-order valence-electron chi connectivity index (χ2n) is 8.71. The van der Waals surface area contributed by atoms with Gasteiger partial charge < -0.3 is 9.64 Å². The summed E-state index contributed by atoms with van der Waals surface area (Å²) in [5.74, 6) is -2.09. The fourth-order valence-corrected chi connectivity index (χ4v) is 4.07. The predicted octanol–water partition coefficient (Wildman–Crippen LogP) is 3.85. The molecule has 1 aliphatic heterocycles. The van der Waals surface area contributed by atoms with E-state index >= 15 is 0 Å². The zero-order valence-electron chi connectivity index (χ0n) is 18.9. The van der Waals surface area contributed by atoms with Crippen LogP contribution in [-0.2, 0) is 4.79 Å². The normalized spacial score (nSPS) is 17.8. The molecule has 10 nitrogen and oxygen atoms in total. The summed E-state index contributed by atoms with van der Waals surface area (Å²) in [5.41, 5.74) is -0.673. The Morgan fingerprint density at radius 3 is 2.53 bits per heavy atom. The van der Waals surface area contributed by atoms with Crippen molar-refractivity contribution < 1.29 is 27.9 Å². The zero-order chi connectivity index (χ0) is 24.7. The van der Waals surface area contributed by atoms with E-state index < -0.39 is 36.1 Å². The van der Waals surface area contributed by atoms with Gasteiger partial charge in [-0.1, -0.05) is 0 Å². The highest BCUT2D eigenvalue weighted by molar-refractivity contribution is 6.04. The first kappa shape index (κ1) is 23.3. The third kappa shape index (κ3) is 4.61. The number of halogens is 2. The lowest BCUT2D eigenvalue weighted by atomic mass is 9.65. The Balaban J connectivity index is 1.39. The van der Waals surface area contributed by atoms with Crippen LogP contribution in [0.5, 0.6) is 11.5 Å². The van der Waals surface area contributed by atoms with Gasteiger partial charge in [-0.05, 0) is 31.5 Å². The third-order valence-electron chi connectivity index (χ3n) is 5.82. The number of nitrogens with zero attached hydrogens (tertiary/aromatic N) is 4. The van der Waals surface area contributed by atoms with E-state index in [1.54, 1.807) is 39.2 Å². The number of amides is 5. The number of pyridine rings is 2. The van der Waals surface area contributed by atoms with E-state index in [0.717, 1.165) is 4.90 Å². The summed E-state index contributed by atoms with van der Waals surface area (Å²) in [6.07, 6.45) is 0.690. The van der Waals surface area contributed by atoms with Crippen molar-refractivity contribution in [3.05, 3.63) is 36.2 Å². The van der Waals surface area contributed by atoms with Gasteiger partial charge in [-0.25, -0.2) is 28.3 Å². The van der Waals surface area contributed by atoms with Crippen LogP contribution in [0.4, 0.5) is 30.0 Å². The number of urea groups is 2. The average Bonchev–Trinajstić information content (AvgIpc) is 3.06. The summed E-state index contributed by atoms with van der Waals surface area (Å²) < 4.78 is 32.5. The lowest BCUT2D eigenvalue weighted by Crippen LogP contribution is -2.52. The molecule has 2 N–H and O–H groups in total. The molecule has 180 valence electrons. The molecule has 0 unspecified atom stereocenters. The van der Waals surface area contributed by atoms with Crippen molar-refractivity contribution >= 4 is 29.6 Å². The molecule has 2 aromatic rings. The standard InChI is InChI=1S/C22H24F2N6O4/c1-13-15(34-14-6-8-25-17(10-14)28-19(32)29(2)3)4-5-16(26-13)27-20(33)30-9-7-21(18(30)31)11-22(23,24)12-21/h4-6,8,10H,7,9,11-12H2,1-3H3,(H,25,28,32)(H,26,27,33). The van der Waals surface area contributed by atoms with Crippen molar-refractivity contribution in [3.8, 4) is 11.5 Å². The van der Waals surface area contributed by atoms with Crippen LogP contribution in [0.3, 0.4) is 0 Å². The molecule has 5 amide bonds. The Labute approximate surface area is 194 Å². The minimum absolute atomic E-state index is 0.0929. The monoisotopic (exact) mass is 474 g/mol. The minimum Gasteiger partial charge on any atom is -0.455 e. The molecule has 1 saturated heterocycles. The first-order chi connectivity index (χ1) is 16.0. The van der Waals surface area contributed by atoms with Crippen molar-refractivity contribution in [1.29, 1.82) is 0 Å². The first-order valence-corrected chi connectivity index (χ1v) is 10.6. The first-order valence-electron chi connectivity index (χ1n) is 10.6. The molecular weight excluding hydrogens is 450 g/mol. The number of hydrogen-bond donors (Lipinski definition) is 2. The number of nitrogens with one attached hydrogen (secondary N) is 2. The third-order valence-corrected chi connectivity index (χ3v) is 5.82. The summed E-state index contributed by atoms with van der Waals surface area (Å²) in [5, 5.41) is 5.16. The van der Waals surface area contributed by atoms with Crippen LogP contribution in [0.15, 0.2) is 30.5 Å². The number of aryl methyl sites for hydroxylation is 1. The number of rotatable bonds is 4. The summed E-state index contributed by atoms with van der Waals surface area (Å²) >= 11 is 0.